The molecule has 1 N–H and O–H groups in total. The highest BCUT2D eigenvalue weighted by atomic mass is 127. The summed E-state index contributed by atoms with van der Waals surface area (Å²) in [5, 5.41) is 3.56. The van der Waals surface area contributed by atoms with Gasteiger partial charge in [-0.05, 0) is 77.4 Å². The van der Waals surface area contributed by atoms with Gasteiger partial charge in [0.1, 0.15) is 5.75 Å². The average Bonchev–Trinajstić information content (AvgIpc) is 3.31. The number of halogens is 1. The Kier molecular flexibility index (Phi) is 4.80. The first-order chi connectivity index (χ1) is 10.3. The number of rotatable bonds is 6. The van der Waals surface area contributed by atoms with Gasteiger partial charge in [-0.1, -0.05) is 31.2 Å². The third-order valence-electron chi connectivity index (χ3n) is 3.65. The molecule has 110 valence electrons. The molecule has 3 rings (SSSR count). The molecule has 3 heteroatoms. The van der Waals surface area contributed by atoms with Crippen molar-refractivity contribution in [2.45, 2.75) is 31.9 Å². The molecule has 21 heavy (non-hydrogen) atoms. The van der Waals surface area contributed by atoms with Crippen LogP contribution in [0.2, 0.25) is 0 Å². The summed E-state index contributed by atoms with van der Waals surface area (Å²) >= 11 is 2.34. The van der Waals surface area contributed by atoms with E-state index in [9.17, 15) is 0 Å². The molecule has 0 heterocycles. The second kappa shape index (κ2) is 6.79. The number of hydrogen-bond donors (Lipinski definition) is 1. The third-order valence-corrected chi connectivity index (χ3v) is 4.37. The van der Waals surface area contributed by atoms with Crippen LogP contribution in [-0.4, -0.2) is 12.6 Å². The van der Waals surface area contributed by atoms with Gasteiger partial charge in [0.05, 0.1) is 12.1 Å². The lowest BCUT2D eigenvalue weighted by atomic mass is 9.98. The van der Waals surface area contributed by atoms with Crippen molar-refractivity contribution in [1.82, 2.24) is 5.32 Å². The minimum Gasteiger partial charge on any atom is -0.490 e. The molecule has 0 aromatic heterocycles. The Morgan fingerprint density at radius 3 is 2.14 bits per heavy atom. The fourth-order valence-corrected chi connectivity index (χ4v) is 2.76. The van der Waals surface area contributed by atoms with E-state index in [1.54, 1.807) is 0 Å². The second-order valence-electron chi connectivity index (χ2n) is 5.43. The first kappa shape index (κ1) is 14.9. The number of hydrogen-bond acceptors (Lipinski definition) is 2. The molecule has 2 aromatic carbocycles. The first-order valence-corrected chi connectivity index (χ1v) is 8.59. The SMILES string of the molecule is CCNC(c1ccc(I)cc1)c1ccc(OC2CC2)cc1. The number of benzene rings is 2. The molecule has 0 bridgehead atoms. The van der Waals surface area contributed by atoms with Crippen LogP contribution in [0.25, 0.3) is 0 Å². The van der Waals surface area contributed by atoms with E-state index in [2.05, 4.69) is 83.4 Å². The minimum atomic E-state index is 0.238. The first-order valence-electron chi connectivity index (χ1n) is 7.51. The zero-order valence-electron chi connectivity index (χ0n) is 12.2. The van der Waals surface area contributed by atoms with Crippen LogP contribution in [0.5, 0.6) is 5.75 Å². The van der Waals surface area contributed by atoms with Gasteiger partial charge in [-0.2, -0.15) is 0 Å². The van der Waals surface area contributed by atoms with Crippen LogP contribution in [0.15, 0.2) is 48.5 Å². The van der Waals surface area contributed by atoms with E-state index in [-0.39, 0.29) is 6.04 Å². The summed E-state index contributed by atoms with van der Waals surface area (Å²) < 4.78 is 7.08. The van der Waals surface area contributed by atoms with Crippen molar-refractivity contribution in [1.29, 1.82) is 0 Å². The van der Waals surface area contributed by atoms with E-state index < -0.39 is 0 Å². The van der Waals surface area contributed by atoms with Crippen LogP contribution < -0.4 is 10.1 Å². The van der Waals surface area contributed by atoms with E-state index >= 15 is 0 Å². The lowest BCUT2D eigenvalue weighted by Gasteiger charge is -2.19. The maximum absolute atomic E-state index is 5.82. The zero-order valence-corrected chi connectivity index (χ0v) is 14.3. The predicted molar refractivity (Wildman–Crippen MR) is 94.8 cm³/mol. The van der Waals surface area contributed by atoms with Crippen molar-refractivity contribution in [3.05, 3.63) is 63.2 Å². The molecule has 1 aliphatic rings. The molecule has 0 amide bonds. The summed E-state index contributed by atoms with van der Waals surface area (Å²) in [7, 11) is 0. The molecule has 0 aliphatic heterocycles. The van der Waals surface area contributed by atoms with E-state index in [1.807, 2.05) is 0 Å². The van der Waals surface area contributed by atoms with Crippen LogP contribution in [0.1, 0.15) is 36.9 Å². The second-order valence-corrected chi connectivity index (χ2v) is 6.67. The van der Waals surface area contributed by atoms with Gasteiger partial charge in [0.15, 0.2) is 0 Å². The van der Waals surface area contributed by atoms with Gasteiger partial charge in [0.2, 0.25) is 0 Å². The Morgan fingerprint density at radius 2 is 1.62 bits per heavy atom. The van der Waals surface area contributed by atoms with E-state index in [0.29, 0.717) is 6.10 Å². The van der Waals surface area contributed by atoms with Gasteiger partial charge >= 0.3 is 0 Å². The molecule has 2 nitrogen and oxygen atoms in total. The molecule has 0 spiro atoms. The largest absolute Gasteiger partial charge is 0.490 e. The van der Waals surface area contributed by atoms with Gasteiger partial charge in [0, 0.05) is 3.57 Å². The number of ether oxygens (including phenoxy) is 1. The Hall–Kier alpha value is -1.07. The maximum Gasteiger partial charge on any atom is 0.119 e. The van der Waals surface area contributed by atoms with Gasteiger partial charge in [0.25, 0.3) is 0 Å². The Bertz CT molecular complexity index is 575. The predicted octanol–water partition coefficient (Wildman–Crippen LogP) is 4.53. The highest BCUT2D eigenvalue weighted by molar-refractivity contribution is 14.1. The molecule has 1 aliphatic carbocycles. The Morgan fingerprint density at radius 1 is 1.05 bits per heavy atom. The standard InChI is InChI=1S/C18H20INO/c1-2-20-18(13-3-7-15(19)8-4-13)14-5-9-16(10-6-14)21-17-11-12-17/h3-10,17-18,20H,2,11-12H2,1H3. The van der Waals surface area contributed by atoms with Crippen molar-refractivity contribution >= 4 is 22.6 Å². The number of nitrogens with one attached hydrogen (secondary N) is 1. The zero-order chi connectivity index (χ0) is 14.7. The molecule has 1 unspecified atom stereocenters. The molecule has 0 radical (unpaired) electrons. The van der Waals surface area contributed by atoms with Crippen molar-refractivity contribution < 1.29 is 4.74 Å². The lowest BCUT2D eigenvalue weighted by Crippen LogP contribution is -2.21. The average molecular weight is 393 g/mol. The van der Waals surface area contributed by atoms with Crippen molar-refractivity contribution in [3.8, 4) is 5.75 Å². The summed E-state index contributed by atoms with van der Waals surface area (Å²) in [4.78, 5) is 0. The van der Waals surface area contributed by atoms with E-state index in [1.165, 1.54) is 27.5 Å². The Labute approximate surface area is 140 Å². The van der Waals surface area contributed by atoms with E-state index in [4.69, 9.17) is 4.74 Å². The van der Waals surface area contributed by atoms with Crippen LogP contribution in [0, 0.1) is 3.57 Å². The fraction of sp³-hybridized carbons (Fsp3) is 0.333. The van der Waals surface area contributed by atoms with Crippen molar-refractivity contribution in [2.75, 3.05) is 6.54 Å². The summed E-state index contributed by atoms with van der Waals surface area (Å²) in [6.07, 6.45) is 2.85. The van der Waals surface area contributed by atoms with Gasteiger partial charge in [-0.3, -0.25) is 0 Å². The maximum atomic E-state index is 5.82. The fourth-order valence-electron chi connectivity index (χ4n) is 2.40. The van der Waals surface area contributed by atoms with Crippen LogP contribution >= 0.6 is 22.6 Å². The normalized spacial score (nSPS) is 15.7. The summed E-state index contributed by atoms with van der Waals surface area (Å²) in [5.74, 6) is 0.985. The molecule has 1 atom stereocenters. The van der Waals surface area contributed by atoms with Gasteiger partial charge in [-0.25, -0.2) is 0 Å². The third kappa shape index (κ3) is 3.98. The summed E-state index contributed by atoms with van der Waals surface area (Å²) in [6.45, 7) is 3.08. The highest BCUT2D eigenvalue weighted by Gasteiger charge is 2.23. The smallest absolute Gasteiger partial charge is 0.119 e. The molecule has 0 saturated heterocycles. The summed E-state index contributed by atoms with van der Waals surface area (Å²) in [6, 6.07) is 17.5. The van der Waals surface area contributed by atoms with Crippen molar-refractivity contribution in [2.24, 2.45) is 0 Å². The summed E-state index contributed by atoms with van der Waals surface area (Å²) in [5.41, 5.74) is 2.58. The lowest BCUT2D eigenvalue weighted by molar-refractivity contribution is 0.303. The van der Waals surface area contributed by atoms with E-state index in [0.717, 1.165) is 12.3 Å². The quantitative estimate of drug-likeness (QED) is 0.729. The monoisotopic (exact) mass is 393 g/mol. The molecular weight excluding hydrogens is 373 g/mol. The van der Waals surface area contributed by atoms with Crippen LogP contribution in [0.3, 0.4) is 0 Å². The molecule has 2 aromatic rings. The minimum absolute atomic E-state index is 0.238. The molecule has 1 saturated carbocycles. The molecular formula is C18H20INO. The topological polar surface area (TPSA) is 21.3 Å². The molecule has 1 fully saturated rings. The van der Waals surface area contributed by atoms with Gasteiger partial charge < -0.3 is 10.1 Å². The van der Waals surface area contributed by atoms with Crippen molar-refractivity contribution in [3.63, 3.8) is 0 Å². The van der Waals surface area contributed by atoms with Crippen LogP contribution in [-0.2, 0) is 0 Å². The Balaban J connectivity index is 1.80. The van der Waals surface area contributed by atoms with Gasteiger partial charge in [-0.15, -0.1) is 0 Å². The van der Waals surface area contributed by atoms with Crippen LogP contribution in [0.4, 0.5) is 0 Å². The highest BCUT2D eigenvalue weighted by Crippen LogP contribution is 2.29.